The second-order valence-electron chi connectivity index (χ2n) is 7.22. The van der Waals surface area contributed by atoms with Gasteiger partial charge in [0.25, 0.3) is 0 Å². The van der Waals surface area contributed by atoms with E-state index >= 15 is 0 Å². The molecule has 1 aromatic heterocycles. The fraction of sp³-hybridized carbons (Fsp3) is 0.375. The van der Waals surface area contributed by atoms with Crippen molar-refractivity contribution in [3.05, 3.63) is 54.1 Å². The van der Waals surface area contributed by atoms with Gasteiger partial charge in [-0.05, 0) is 18.6 Å². The van der Waals surface area contributed by atoms with Crippen molar-refractivity contribution in [1.29, 1.82) is 0 Å². The maximum Gasteiger partial charge on any atom is 0.306 e. The van der Waals surface area contributed by atoms with Gasteiger partial charge in [-0.15, -0.1) is 0 Å². The molecule has 3 rings (SSSR count). The number of nitrogens with one attached hydrogen (secondary N) is 1. The van der Waals surface area contributed by atoms with Crippen LogP contribution in [0, 0.1) is 0 Å². The Hall–Kier alpha value is -3.15. The number of aromatic nitrogens is 3. The predicted octanol–water partition coefficient (Wildman–Crippen LogP) is 5.55. The highest BCUT2D eigenvalue weighted by molar-refractivity contribution is 5.70. The number of methoxy groups -OCH3 is 1. The highest BCUT2D eigenvalue weighted by Gasteiger charge is 2.13. The van der Waals surface area contributed by atoms with Crippen molar-refractivity contribution in [2.24, 2.45) is 0 Å². The molecule has 0 fully saturated rings. The summed E-state index contributed by atoms with van der Waals surface area (Å²) in [7, 11) is 1.63. The van der Waals surface area contributed by atoms with Crippen molar-refractivity contribution in [2.75, 3.05) is 7.11 Å². The predicted molar refractivity (Wildman–Crippen MR) is 117 cm³/mol. The van der Waals surface area contributed by atoms with E-state index in [4.69, 9.17) is 9.47 Å². The normalized spacial score (nSPS) is 10.7. The summed E-state index contributed by atoms with van der Waals surface area (Å²) in [4.78, 5) is 16.7. The summed E-state index contributed by atoms with van der Waals surface area (Å²) in [6.07, 6.45) is 6.01. The molecule has 1 heterocycles. The smallest absolute Gasteiger partial charge is 0.306 e. The molecule has 0 aliphatic heterocycles. The maximum absolute atomic E-state index is 12.1. The van der Waals surface area contributed by atoms with E-state index in [-0.39, 0.29) is 12.6 Å². The first-order valence-corrected chi connectivity index (χ1v) is 10.5. The lowest BCUT2D eigenvalue weighted by molar-refractivity contribution is -0.145. The van der Waals surface area contributed by atoms with Gasteiger partial charge >= 0.3 is 5.97 Å². The second-order valence-corrected chi connectivity index (χ2v) is 7.22. The number of hydrogen-bond donors (Lipinski definition) is 1. The Morgan fingerprint density at radius 2 is 1.87 bits per heavy atom. The molecule has 158 valence electrons. The molecule has 0 aliphatic carbocycles. The summed E-state index contributed by atoms with van der Waals surface area (Å²) in [5, 5.41) is 7.34. The van der Waals surface area contributed by atoms with Gasteiger partial charge in [0.15, 0.2) is 11.6 Å². The molecule has 0 saturated carbocycles. The van der Waals surface area contributed by atoms with Crippen molar-refractivity contribution < 1.29 is 14.3 Å². The zero-order valence-electron chi connectivity index (χ0n) is 17.7. The van der Waals surface area contributed by atoms with Crippen molar-refractivity contribution >= 4 is 5.97 Å². The minimum absolute atomic E-state index is 0.157. The summed E-state index contributed by atoms with van der Waals surface area (Å²) < 4.78 is 10.8. The topological polar surface area (TPSA) is 77.1 Å². The van der Waals surface area contributed by atoms with Crippen molar-refractivity contribution in [1.82, 2.24) is 15.2 Å². The van der Waals surface area contributed by atoms with Gasteiger partial charge in [0.2, 0.25) is 0 Å². The highest BCUT2D eigenvalue weighted by atomic mass is 16.5. The van der Waals surface area contributed by atoms with Crippen molar-refractivity contribution in [2.45, 2.75) is 52.1 Å². The minimum Gasteiger partial charge on any atom is -0.497 e. The largest absolute Gasteiger partial charge is 0.497 e. The van der Waals surface area contributed by atoms with Crippen LogP contribution in [-0.2, 0) is 16.1 Å². The van der Waals surface area contributed by atoms with E-state index in [0.29, 0.717) is 18.1 Å². The van der Waals surface area contributed by atoms with E-state index in [1.54, 1.807) is 7.11 Å². The third-order valence-corrected chi connectivity index (χ3v) is 4.96. The molecule has 2 aromatic carbocycles. The number of aromatic amines is 1. The fourth-order valence-corrected chi connectivity index (χ4v) is 3.25. The number of ether oxygens (including phenoxy) is 2. The minimum atomic E-state index is -0.157. The maximum atomic E-state index is 12.1. The number of H-pyrrole nitrogens is 1. The van der Waals surface area contributed by atoms with E-state index in [1.165, 1.54) is 19.3 Å². The molecule has 0 saturated heterocycles. The summed E-state index contributed by atoms with van der Waals surface area (Å²) in [5.41, 5.74) is 2.63. The quantitative estimate of drug-likeness (QED) is 0.333. The molecule has 0 spiro atoms. The van der Waals surface area contributed by atoms with E-state index in [0.717, 1.165) is 35.3 Å². The Balaban J connectivity index is 1.64. The van der Waals surface area contributed by atoms with E-state index in [2.05, 4.69) is 22.1 Å². The van der Waals surface area contributed by atoms with Gasteiger partial charge < -0.3 is 9.47 Å². The number of unbranched alkanes of at least 4 members (excludes halogenated alkanes) is 4. The van der Waals surface area contributed by atoms with Crippen LogP contribution in [0.25, 0.3) is 22.8 Å². The zero-order chi connectivity index (χ0) is 21.2. The lowest BCUT2D eigenvalue weighted by Crippen LogP contribution is -2.05. The molecule has 0 atom stereocenters. The molecular formula is C24H29N3O3. The van der Waals surface area contributed by atoms with Crippen LogP contribution in [-0.4, -0.2) is 28.3 Å². The van der Waals surface area contributed by atoms with Gasteiger partial charge in [-0.1, -0.05) is 69.0 Å². The highest BCUT2D eigenvalue weighted by Crippen LogP contribution is 2.25. The molecule has 0 aliphatic rings. The first-order chi connectivity index (χ1) is 14.7. The Kier molecular flexibility index (Phi) is 8.01. The number of hydrogen-bond acceptors (Lipinski definition) is 5. The first kappa shape index (κ1) is 21.6. The van der Waals surface area contributed by atoms with Crippen molar-refractivity contribution in [3.63, 3.8) is 0 Å². The van der Waals surface area contributed by atoms with Crippen LogP contribution in [0.15, 0.2) is 48.5 Å². The van der Waals surface area contributed by atoms with Crippen LogP contribution in [0.5, 0.6) is 5.75 Å². The average molecular weight is 408 g/mol. The van der Waals surface area contributed by atoms with E-state index in [1.807, 2.05) is 48.5 Å². The summed E-state index contributed by atoms with van der Waals surface area (Å²) in [6.45, 7) is 2.40. The fourth-order valence-electron chi connectivity index (χ4n) is 3.25. The Bertz CT molecular complexity index is 952. The molecule has 1 N–H and O–H groups in total. The molecule has 0 bridgehead atoms. The van der Waals surface area contributed by atoms with Crippen LogP contribution in [0.2, 0.25) is 0 Å². The second kappa shape index (κ2) is 11.1. The molecule has 6 heteroatoms. The number of rotatable bonds is 11. The van der Waals surface area contributed by atoms with E-state index in [9.17, 15) is 4.79 Å². The lowest BCUT2D eigenvalue weighted by Gasteiger charge is -2.08. The first-order valence-electron chi connectivity index (χ1n) is 10.5. The third-order valence-electron chi connectivity index (χ3n) is 4.96. The molecule has 0 amide bonds. The van der Waals surface area contributed by atoms with Crippen molar-refractivity contribution in [3.8, 4) is 28.5 Å². The van der Waals surface area contributed by atoms with E-state index < -0.39 is 0 Å². The molecule has 30 heavy (non-hydrogen) atoms. The van der Waals surface area contributed by atoms with Gasteiger partial charge in [0, 0.05) is 23.1 Å². The molecule has 0 radical (unpaired) electrons. The number of benzene rings is 2. The van der Waals surface area contributed by atoms with Gasteiger partial charge in [0.1, 0.15) is 12.4 Å². The van der Waals surface area contributed by atoms with Crippen LogP contribution in [0.4, 0.5) is 0 Å². The monoisotopic (exact) mass is 407 g/mol. The molecule has 6 nitrogen and oxygen atoms in total. The average Bonchev–Trinajstić information content (AvgIpc) is 3.28. The summed E-state index contributed by atoms with van der Waals surface area (Å²) in [6, 6.07) is 15.4. The van der Waals surface area contributed by atoms with Gasteiger partial charge in [-0.2, -0.15) is 5.10 Å². The molecule has 3 aromatic rings. The van der Waals surface area contributed by atoms with Gasteiger partial charge in [-0.25, -0.2) is 4.98 Å². The number of carbonyl (C=O) groups excluding carboxylic acids is 1. The summed E-state index contributed by atoms with van der Waals surface area (Å²) in [5.74, 6) is 1.82. The van der Waals surface area contributed by atoms with Crippen LogP contribution in [0.1, 0.15) is 51.0 Å². The lowest BCUT2D eigenvalue weighted by atomic mass is 10.1. The number of esters is 1. The Labute approximate surface area is 177 Å². The van der Waals surface area contributed by atoms with Crippen LogP contribution in [0.3, 0.4) is 0 Å². The Morgan fingerprint density at radius 3 is 2.70 bits per heavy atom. The van der Waals surface area contributed by atoms with Gasteiger partial charge in [-0.3, -0.25) is 9.89 Å². The Morgan fingerprint density at radius 1 is 1.03 bits per heavy atom. The SMILES string of the molecule is CCCCCCCC(=O)OCc1ccccc1-c1nc(-c2cccc(OC)c2)n[nH]1. The van der Waals surface area contributed by atoms with Gasteiger partial charge in [0.05, 0.1) is 7.11 Å². The standard InChI is InChI=1S/C24H29N3O3/c1-3-4-5-6-7-15-22(28)30-17-19-11-8-9-14-21(19)24-25-23(26-27-24)18-12-10-13-20(16-18)29-2/h8-14,16H,3-7,15,17H2,1-2H3,(H,25,26,27). The third kappa shape index (κ3) is 5.92. The molecule has 0 unspecified atom stereocenters. The van der Waals surface area contributed by atoms with Crippen LogP contribution < -0.4 is 4.74 Å². The number of carbonyl (C=O) groups is 1. The summed E-state index contributed by atoms with van der Waals surface area (Å²) >= 11 is 0. The zero-order valence-corrected chi connectivity index (χ0v) is 17.7. The van der Waals surface area contributed by atoms with Crippen LogP contribution >= 0.6 is 0 Å². The number of nitrogens with zero attached hydrogens (tertiary/aromatic N) is 2. The molecular weight excluding hydrogens is 378 g/mol.